The molecule has 2 aromatic carbocycles. The maximum absolute atomic E-state index is 12.3. The Morgan fingerprint density at radius 2 is 1.53 bits per heavy atom. The van der Waals surface area contributed by atoms with E-state index in [1.54, 1.807) is 0 Å². The van der Waals surface area contributed by atoms with Crippen molar-refractivity contribution in [3.63, 3.8) is 0 Å². The van der Waals surface area contributed by atoms with Gasteiger partial charge in [0.25, 0.3) is 0 Å². The summed E-state index contributed by atoms with van der Waals surface area (Å²) in [4.78, 5) is 17.5. The van der Waals surface area contributed by atoms with Gasteiger partial charge in [0.2, 0.25) is 5.91 Å². The second kappa shape index (κ2) is 8.40. The fraction of sp³-hybridized carbons (Fsp3) is 0.480. The Kier molecular flexibility index (Phi) is 5.48. The van der Waals surface area contributed by atoms with E-state index < -0.39 is 0 Å². The maximum atomic E-state index is 12.3. The van der Waals surface area contributed by atoms with Gasteiger partial charge in [-0.3, -0.25) is 10.0 Å². The molecule has 5 nitrogen and oxygen atoms in total. The summed E-state index contributed by atoms with van der Waals surface area (Å²) in [7, 11) is 0. The number of hydroxylamine groups is 1. The predicted molar refractivity (Wildman–Crippen MR) is 118 cm³/mol. The summed E-state index contributed by atoms with van der Waals surface area (Å²) < 4.78 is 0. The lowest BCUT2D eigenvalue weighted by molar-refractivity contribution is -0.130. The van der Waals surface area contributed by atoms with Crippen molar-refractivity contribution in [1.29, 1.82) is 0 Å². The van der Waals surface area contributed by atoms with Crippen molar-refractivity contribution in [1.82, 2.24) is 10.4 Å². The van der Waals surface area contributed by atoms with Crippen LogP contribution in [0.1, 0.15) is 48.6 Å². The third kappa shape index (κ3) is 3.72. The summed E-state index contributed by atoms with van der Waals surface area (Å²) in [5.41, 5.74) is 5.49. The van der Waals surface area contributed by atoms with Crippen LogP contribution in [-0.2, 0) is 4.79 Å². The molecule has 3 aliphatic rings. The molecule has 0 radical (unpaired) electrons. The van der Waals surface area contributed by atoms with Gasteiger partial charge in [-0.25, -0.2) is 5.48 Å². The average Bonchev–Trinajstić information content (AvgIpc) is 3.32. The van der Waals surface area contributed by atoms with Gasteiger partial charge in [-0.15, -0.1) is 0 Å². The van der Waals surface area contributed by atoms with E-state index in [9.17, 15) is 10.0 Å². The number of likely N-dealkylation sites (tertiary alicyclic amines) is 1. The van der Waals surface area contributed by atoms with Crippen molar-refractivity contribution in [2.75, 3.05) is 31.1 Å². The molecule has 1 aliphatic carbocycles. The van der Waals surface area contributed by atoms with E-state index in [0.29, 0.717) is 0 Å². The summed E-state index contributed by atoms with van der Waals surface area (Å²) in [6.07, 6.45) is 5.18. The van der Waals surface area contributed by atoms with Crippen molar-refractivity contribution in [2.45, 2.75) is 43.6 Å². The number of amides is 1. The summed E-state index contributed by atoms with van der Waals surface area (Å²) in [6, 6.07) is 19.6. The van der Waals surface area contributed by atoms with Crippen LogP contribution in [0, 0.1) is 5.92 Å². The van der Waals surface area contributed by atoms with E-state index in [-0.39, 0.29) is 23.7 Å². The van der Waals surface area contributed by atoms with Crippen LogP contribution >= 0.6 is 0 Å². The van der Waals surface area contributed by atoms with Gasteiger partial charge >= 0.3 is 0 Å². The summed E-state index contributed by atoms with van der Waals surface area (Å²) >= 11 is 0. The van der Waals surface area contributed by atoms with Crippen molar-refractivity contribution in [3.05, 3.63) is 65.7 Å². The number of piperidine rings is 1. The molecule has 3 fully saturated rings. The standard InChI is InChI=1S/C25H31N3O2/c29-25(26-30)24-22(18-7-2-1-3-8-18)23(24)19-9-6-10-21(17-19)28-15-11-20(12-16-28)27-13-4-5-14-27/h1-3,6-10,17,20,22-24,30H,4-5,11-16H2,(H,26,29)/t22-,23-,24-/m1/s1. The van der Waals surface area contributed by atoms with E-state index in [4.69, 9.17) is 0 Å². The number of nitrogens with zero attached hydrogens (tertiary/aromatic N) is 2. The molecular formula is C25H31N3O2. The number of carbonyl (C=O) groups is 1. The van der Waals surface area contributed by atoms with Gasteiger partial charge in [0.15, 0.2) is 0 Å². The Bertz CT molecular complexity index is 873. The first-order valence-electron chi connectivity index (χ1n) is 11.3. The van der Waals surface area contributed by atoms with Crippen molar-refractivity contribution >= 4 is 11.6 Å². The molecule has 0 spiro atoms. The predicted octanol–water partition coefficient (Wildman–Crippen LogP) is 3.75. The van der Waals surface area contributed by atoms with Crippen molar-refractivity contribution in [2.24, 2.45) is 5.92 Å². The van der Waals surface area contributed by atoms with Crippen molar-refractivity contribution < 1.29 is 10.0 Å². The smallest absolute Gasteiger partial charge is 0.247 e. The largest absolute Gasteiger partial charge is 0.371 e. The molecule has 0 aromatic heterocycles. The molecule has 5 heteroatoms. The highest BCUT2D eigenvalue weighted by Gasteiger charge is 2.56. The first kappa shape index (κ1) is 19.6. The molecule has 1 amide bonds. The molecule has 1 saturated carbocycles. The minimum absolute atomic E-state index is 0.113. The number of rotatable bonds is 5. The highest BCUT2D eigenvalue weighted by Crippen LogP contribution is 2.60. The van der Waals surface area contributed by atoms with Gasteiger partial charge < -0.3 is 9.80 Å². The number of hydrogen-bond acceptors (Lipinski definition) is 4. The molecule has 3 atom stereocenters. The van der Waals surface area contributed by atoms with E-state index >= 15 is 0 Å². The Labute approximate surface area is 178 Å². The van der Waals surface area contributed by atoms with Gasteiger partial charge in [0, 0.05) is 36.7 Å². The highest BCUT2D eigenvalue weighted by atomic mass is 16.5. The second-order valence-electron chi connectivity index (χ2n) is 9.02. The zero-order valence-electron chi connectivity index (χ0n) is 17.4. The Morgan fingerprint density at radius 1 is 0.867 bits per heavy atom. The minimum atomic E-state index is -0.286. The molecule has 30 heavy (non-hydrogen) atoms. The number of benzene rings is 2. The van der Waals surface area contributed by atoms with Gasteiger partial charge in [0.1, 0.15) is 0 Å². The van der Waals surface area contributed by atoms with E-state index in [2.05, 4.69) is 46.2 Å². The number of hydrogen-bond donors (Lipinski definition) is 2. The normalized spacial score (nSPS) is 27.2. The van der Waals surface area contributed by atoms with E-state index in [1.807, 2.05) is 23.7 Å². The molecule has 2 saturated heterocycles. The molecule has 5 rings (SSSR count). The molecule has 2 N–H and O–H groups in total. The van der Waals surface area contributed by atoms with Crippen LogP contribution in [0.5, 0.6) is 0 Å². The zero-order valence-corrected chi connectivity index (χ0v) is 17.4. The molecule has 158 valence electrons. The molecule has 0 bridgehead atoms. The molecule has 2 heterocycles. The molecular weight excluding hydrogens is 374 g/mol. The van der Waals surface area contributed by atoms with Crippen LogP contribution < -0.4 is 10.4 Å². The number of carbonyl (C=O) groups excluding carboxylic acids is 1. The topological polar surface area (TPSA) is 55.8 Å². The van der Waals surface area contributed by atoms with Crippen LogP contribution in [0.4, 0.5) is 5.69 Å². The third-order valence-electron chi connectivity index (χ3n) is 7.36. The maximum Gasteiger partial charge on any atom is 0.247 e. The van der Waals surface area contributed by atoms with Crippen LogP contribution in [0.25, 0.3) is 0 Å². The van der Waals surface area contributed by atoms with Crippen LogP contribution in [-0.4, -0.2) is 48.2 Å². The van der Waals surface area contributed by atoms with Gasteiger partial charge in [-0.05, 0) is 62.0 Å². The van der Waals surface area contributed by atoms with E-state index in [1.165, 1.54) is 50.0 Å². The zero-order chi connectivity index (χ0) is 20.5. The first-order chi connectivity index (χ1) is 14.8. The summed E-state index contributed by atoms with van der Waals surface area (Å²) in [6.45, 7) is 4.74. The fourth-order valence-electron chi connectivity index (χ4n) is 5.74. The molecule has 2 aromatic rings. The average molecular weight is 406 g/mol. The lowest BCUT2D eigenvalue weighted by Gasteiger charge is -2.38. The quantitative estimate of drug-likeness (QED) is 0.588. The van der Waals surface area contributed by atoms with Gasteiger partial charge in [-0.1, -0.05) is 42.5 Å². The molecule has 0 unspecified atom stereocenters. The summed E-state index contributed by atoms with van der Waals surface area (Å²) in [5, 5.41) is 9.24. The molecule has 2 aliphatic heterocycles. The Hall–Kier alpha value is -2.37. The Morgan fingerprint density at radius 3 is 2.23 bits per heavy atom. The second-order valence-corrected chi connectivity index (χ2v) is 9.02. The lowest BCUT2D eigenvalue weighted by Crippen LogP contribution is -2.43. The monoisotopic (exact) mass is 405 g/mol. The SMILES string of the molecule is O=C(NO)[C@@H]1[C@H](c2ccccc2)[C@H]1c1cccc(N2CCC(N3CCCC3)CC2)c1. The fourth-order valence-corrected chi connectivity index (χ4v) is 5.74. The van der Waals surface area contributed by atoms with E-state index in [0.717, 1.165) is 24.7 Å². The summed E-state index contributed by atoms with van der Waals surface area (Å²) in [5.74, 6) is -0.268. The van der Waals surface area contributed by atoms with Gasteiger partial charge in [0.05, 0.1) is 5.92 Å². The number of nitrogens with one attached hydrogen (secondary N) is 1. The van der Waals surface area contributed by atoms with Gasteiger partial charge in [-0.2, -0.15) is 0 Å². The van der Waals surface area contributed by atoms with Crippen LogP contribution in [0.15, 0.2) is 54.6 Å². The minimum Gasteiger partial charge on any atom is -0.371 e. The highest BCUT2D eigenvalue weighted by molar-refractivity contribution is 5.84. The Balaban J connectivity index is 1.31. The third-order valence-corrected chi connectivity index (χ3v) is 7.36. The van der Waals surface area contributed by atoms with Crippen molar-refractivity contribution in [3.8, 4) is 0 Å². The number of anilines is 1. The lowest BCUT2D eigenvalue weighted by atomic mass is 10.0. The van der Waals surface area contributed by atoms with Crippen LogP contribution in [0.3, 0.4) is 0 Å². The van der Waals surface area contributed by atoms with Crippen LogP contribution in [0.2, 0.25) is 0 Å². The first-order valence-corrected chi connectivity index (χ1v) is 11.3.